The summed E-state index contributed by atoms with van der Waals surface area (Å²) in [5.74, 6) is 0.869. The number of rotatable bonds is 5. The van der Waals surface area contributed by atoms with E-state index < -0.39 is 5.91 Å². The Morgan fingerprint density at radius 3 is 2.84 bits per heavy atom. The van der Waals surface area contributed by atoms with Crippen LogP contribution >= 0.6 is 0 Å². The number of carbonyl (C=O) groups is 1. The molecule has 1 unspecified atom stereocenters. The molecule has 1 aliphatic rings. The summed E-state index contributed by atoms with van der Waals surface area (Å²) in [6, 6.07) is 15.5. The maximum Gasteiger partial charge on any atom is 0.253 e. The van der Waals surface area contributed by atoms with Gasteiger partial charge in [-0.3, -0.25) is 4.79 Å². The maximum absolute atomic E-state index is 11.8. The predicted molar refractivity (Wildman–Crippen MR) is 117 cm³/mol. The minimum Gasteiger partial charge on any atom is -0.375 e. The summed E-state index contributed by atoms with van der Waals surface area (Å²) in [6.07, 6.45) is 1.62. The van der Waals surface area contributed by atoms with Crippen molar-refractivity contribution in [3.05, 3.63) is 77.1 Å². The van der Waals surface area contributed by atoms with Crippen molar-refractivity contribution in [3.8, 4) is 5.95 Å². The number of nitrogens with zero attached hydrogens (tertiary/aromatic N) is 4. The van der Waals surface area contributed by atoms with Gasteiger partial charge in [0, 0.05) is 23.4 Å². The first kappa shape index (κ1) is 19.2. The molecule has 0 bridgehead atoms. The first-order chi connectivity index (χ1) is 15.1. The smallest absolute Gasteiger partial charge is 0.253 e. The monoisotopic (exact) mass is 414 g/mol. The van der Waals surface area contributed by atoms with Crippen molar-refractivity contribution >= 4 is 22.6 Å². The second-order valence-electron chi connectivity index (χ2n) is 7.65. The van der Waals surface area contributed by atoms with Crippen LogP contribution in [0.5, 0.6) is 0 Å². The molecule has 3 heterocycles. The van der Waals surface area contributed by atoms with E-state index in [9.17, 15) is 4.79 Å². The van der Waals surface area contributed by atoms with Crippen LogP contribution in [0.1, 0.15) is 40.0 Å². The first-order valence-electron chi connectivity index (χ1n) is 10.1. The summed E-state index contributed by atoms with van der Waals surface area (Å²) < 4.78 is 7.36. The molecule has 0 spiro atoms. The number of ether oxygens (including phenoxy) is 1. The van der Waals surface area contributed by atoms with Gasteiger partial charge in [0.25, 0.3) is 5.95 Å². The summed E-state index contributed by atoms with van der Waals surface area (Å²) >= 11 is 0. The molecule has 3 N–H and O–H groups in total. The molecule has 156 valence electrons. The average Bonchev–Trinajstić information content (AvgIpc) is 3.22. The Labute approximate surface area is 179 Å². The lowest BCUT2D eigenvalue weighted by atomic mass is 9.98. The van der Waals surface area contributed by atoms with Gasteiger partial charge in [-0.2, -0.15) is 14.8 Å². The second kappa shape index (κ2) is 7.81. The number of aromatic nitrogens is 4. The van der Waals surface area contributed by atoms with Gasteiger partial charge >= 0.3 is 0 Å². The van der Waals surface area contributed by atoms with E-state index in [1.54, 1.807) is 23.0 Å². The molecule has 2 aromatic heterocycles. The minimum atomic E-state index is -0.496. The van der Waals surface area contributed by atoms with Gasteiger partial charge in [0.05, 0.1) is 36.2 Å². The van der Waals surface area contributed by atoms with E-state index >= 15 is 0 Å². The highest BCUT2D eigenvalue weighted by Gasteiger charge is 2.25. The van der Waals surface area contributed by atoms with Gasteiger partial charge < -0.3 is 15.8 Å². The quantitative estimate of drug-likeness (QED) is 0.519. The predicted octanol–water partition coefficient (Wildman–Crippen LogP) is 3.16. The Kier molecular flexibility index (Phi) is 4.83. The van der Waals surface area contributed by atoms with Gasteiger partial charge in [0.2, 0.25) is 5.91 Å². The van der Waals surface area contributed by atoms with E-state index in [-0.39, 0.29) is 5.92 Å². The average molecular weight is 414 g/mol. The van der Waals surface area contributed by atoms with Gasteiger partial charge in [-0.25, -0.2) is 4.98 Å². The highest BCUT2D eigenvalue weighted by molar-refractivity contribution is 6.05. The van der Waals surface area contributed by atoms with E-state index in [0.29, 0.717) is 36.7 Å². The molecule has 4 aromatic rings. The molecule has 0 saturated heterocycles. The third-order valence-electron chi connectivity index (χ3n) is 5.48. The third-order valence-corrected chi connectivity index (χ3v) is 5.48. The van der Waals surface area contributed by atoms with Crippen molar-refractivity contribution in [1.82, 2.24) is 19.7 Å². The van der Waals surface area contributed by atoms with Crippen LogP contribution in [0.4, 0.5) is 5.82 Å². The van der Waals surface area contributed by atoms with Gasteiger partial charge in [-0.05, 0) is 17.7 Å². The number of anilines is 1. The fraction of sp³-hybridized carbons (Fsp3) is 0.217. The van der Waals surface area contributed by atoms with Crippen LogP contribution < -0.4 is 11.1 Å². The van der Waals surface area contributed by atoms with Gasteiger partial charge in [-0.1, -0.05) is 43.3 Å². The van der Waals surface area contributed by atoms with E-state index in [1.807, 2.05) is 24.3 Å². The molecule has 2 aromatic carbocycles. The molecule has 0 fully saturated rings. The Bertz CT molecular complexity index is 1270. The van der Waals surface area contributed by atoms with E-state index in [1.165, 1.54) is 0 Å². The lowest BCUT2D eigenvalue weighted by molar-refractivity contribution is 0.0918. The summed E-state index contributed by atoms with van der Waals surface area (Å²) in [5.41, 5.74) is 9.73. The zero-order valence-electron chi connectivity index (χ0n) is 17.1. The van der Waals surface area contributed by atoms with Crippen LogP contribution in [0.3, 0.4) is 0 Å². The number of primary amides is 1. The van der Waals surface area contributed by atoms with E-state index in [2.05, 4.69) is 29.5 Å². The molecule has 1 aliphatic heterocycles. The summed E-state index contributed by atoms with van der Waals surface area (Å²) in [4.78, 5) is 21.4. The number of hydrogen-bond acceptors (Lipinski definition) is 6. The van der Waals surface area contributed by atoms with Gasteiger partial charge in [0.1, 0.15) is 5.82 Å². The highest BCUT2D eigenvalue weighted by Crippen LogP contribution is 2.32. The summed E-state index contributed by atoms with van der Waals surface area (Å²) in [5, 5.41) is 8.60. The number of nitrogens with one attached hydrogen (secondary N) is 1. The normalized spacial score (nSPS) is 15.6. The number of hydrogen-bond donors (Lipinski definition) is 2. The number of benzene rings is 2. The van der Waals surface area contributed by atoms with Crippen molar-refractivity contribution in [2.45, 2.75) is 26.0 Å². The molecule has 0 saturated carbocycles. The zero-order valence-corrected chi connectivity index (χ0v) is 17.1. The molecule has 8 heteroatoms. The summed E-state index contributed by atoms with van der Waals surface area (Å²) in [6.45, 7) is 3.80. The highest BCUT2D eigenvalue weighted by atomic mass is 16.5. The van der Waals surface area contributed by atoms with Crippen molar-refractivity contribution in [2.75, 3.05) is 11.9 Å². The SMILES string of the molecule is CC1COCc2nc(-n3ncc4c(C(N)=O)cccc43)nc(NCc3ccccc3)c21. The van der Waals surface area contributed by atoms with Crippen LogP contribution in [0.2, 0.25) is 0 Å². The Hall–Kier alpha value is -3.78. The molecular formula is C23H22N6O2. The molecule has 0 radical (unpaired) electrons. The third kappa shape index (κ3) is 3.51. The van der Waals surface area contributed by atoms with Crippen molar-refractivity contribution < 1.29 is 9.53 Å². The Morgan fingerprint density at radius 1 is 1.19 bits per heavy atom. The minimum absolute atomic E-state index is 0.173. The number of carbonyl (C=O) groups excluding carboxylic acids is 1. The number of nitrogens with two attached hydrogens (primary N) is 1. The van der Waals surface area contributed by atoms with E-state index in [0.717, 1.165) is 28.2 Å². The van der Waals surface area contributed by atoms with E-state index in [4.69, 9.17) is 20.4 Å². The largest absolute Gasteiger partial charge is 0.375 e. The van der Waals surface area contributed by atoms with Crippen molar-refractivity contribution in [1.29, 1.82) is 0 Å². The molecule has 1 atom stereocenters. The van der Waals surface area contributed by atoms with Crippen LogP contribution in [0, 0.1) is 0 Å². The molecule has 1 amide bonds. The number of amides is 1. The molecule has 0 aliphatic carbocycles. The zero-order chi connectivity index (χ0) is 21.4. The standard InChI is InChI=1S/C23H22N6O2/c1-14-12-31-13-18-20(14)22(25-10-15-6-3-2-4-7-15)28-23(27-18)29-19-9-5-8-16(21(24)30)17(19)11-26-29/h2-9,11,14H,10,12-13H2,1H3,(H2,24,30)(H,25,27,28). The molecule has 5 rings (SSSR count). The second-order valence-corrected chi connectivity index (χ2v) is 7.65. The van der Waals surface area contributed by atoms with Crippen LogP contribution in [-0.2, 0) is 17.9 Å². The molecule has 31 heavy (non-hydrogen) atoms. The first-order valence-corrected chi connectivity index (χ1v) is 10.1. The van der Waals surface area contributed by atoms with Crippen molar-refractivity contribution in [3.63, 3.8) is 0 Å². The Morgan fingerprint density at radius 2 is 2.03 bits per heavy atom. The van der Waals surface area contributed by atoms with Crippen LogP contribution in [-0.4, -0.2) is 32.3 Å². The lowest BCUT2D eigenvalue weighted by Gasteiger charge is -2.25. The fourth-order valence-electron chi connectivity index (χ4n) is 3.98. The maximum atomic E-state index is 11.8. The summed E-state index contributed by atoms with van der Waals surface area (Å²) in [7, 11) is 0. The fourth-order valence-corrected chi connectivity index (χ4v) is 3.98. The van der Waals surface area contributed by atoms with Crippen LogP contribution in [0.15, 0.2) is 54.7 Å². The Balaban J connectivity index is 1.61. The van der Waals surface area contributed by atoms with Crippen molar-refractivity contribution in [2.24, 2.45) is 5.73 Å². The van der Waals surface area contributed by atoms with Gasteiger partial charge in [-0.15, -0.1) is 0 Å². The number of fused-ring (bicyclic) bond motifs is 2. The van der Waals surface area contributed by atoms with Crippen LogP contribution in [0.25, 0.3) is 16.9 Å². The lowest BCUT2D eigenvalue weighted by Crippen LogP contribution is -2.21. The molecule has 8 nitrogen and oxygen atoms in total. The topological polar surface area (TPSA) is 108 Å². The molecular weight excluding hydrogens is 392 g/mol. The van der Waals surface area contributed by atoms with Gasteiger partial charge in [0.15, 0.2) is 0 Å².